The van der Waals surface area contributed by atoms with Gasteiger partial charge in [0.25, 0.3) is 0 Å². The second-order valence-electron chi connectivity index (χ2n) is 5.36. The highest BCUT2D eigenvalue weighted by Crippen LogP contribution is 2.13. The summed E-state index contributed by atoms with van der Waals surface area (Å²) in [5, 5.41) is 6.70. The van der Waals surface area contributed by atoms with Crippen LogP contribution in [0, 0.1) is 0 Å². The minimum atomic E-state index is 0. The summed E-state index contributed by atoms with van der Waals surface area (Å²) < 4.78 is 7.35. The van der Waals surface area contributed by atoms with E-state index in [0.29, 0.717) is 6.54 Å². The normalized spacial score (nSPS) is 11.0. The predicted molar refractivity (Wildman–Crippen MR) is 113 cm³/mol. The maximum atomic E-state index is 5.34. The predicted octanol–water partition coefficient (Wildman–Crippen LogP) is 2.97. The minimum absolute atomic E-state index is 0. The van der Waals surface area contributed by atoms with Gasteiger partial charge in [0.1, 0.15) is 0 Å². The molecule has 0 aliphatic heterocycles. The Hall–Kier alpha value is -1.61. The lowest BCUT2D eigenvalue weighted by Gasteiger charge is -2.14. The maximum absolute atomic E-state index is 5.34. The van der Waals surface area contributed by atoms with Gasteiger partial charge >= 0.3 is 0 Å². The van der Waals surface area contributed by atoms with Crippen LogP contribution < -0.4 is 10.6 Å². The van der Waals surface area contributed by atoms with E-state index in [4.69, 9.17) is 4.74 Å². The molecular formula is C18H28IN5O. The second-order valence-corrected chi connectivity index (χ2v) is 5.36. The topological polar surface area (TPSA) is 63.5 Å². The first-order valence-electron chi connectivity index (χ1n) is 8.43. The van der Waals surface area contributed by atoms with Crippen molar-refractivity contribution in [3.63, 3.8) is 0 Å². The van der Waals surface area contributed by atoms with Gasteiger partial charge in [-0.2, -0.15) is 0 Å². The molecule has 25 heavy (non-hydrogen) atoms. The molecule has 1 aromatic heterocycles. The Kier molecular flexibility index (Phi) is 10.9. The molecule has 0 fully saturated rings. The van der Waals surface area contributed by atoms with Gasteiger partial charge in [-0.25, -0.2) is 4.98 Å². The highest BCUT2D eigenvalue weighted by Gasteiger charge is 2.04. The molecule has 6 nitrogen and oxygen atoms in total. The van der Waals surface area contributed by atoms with Gasteiger partial charge in [-0.05, 0) is 31.4 Å². The summed E-state index contributed by atoms with van der Waals surface area (Å²) in [7, 11) is 1.79. The Bertz CT molecular complexity index is 616. The van der Waals surface area contributed by atoms with Crippen LogP contribution in [-0.4, -0.2) is 42.3 Å². The van der Waals surface area contributed by atoms with E-state index in [0.717, 1.165) is 44.2 Å². The van der Waals surface area contributed by atoms with Gasteiger partial charge < -0.3 is 19.9 Å². The van der Waals surface area contributed by atoms with Gasteiger partial charge in [-0.15, -0.1) is 24.0 Å². The Balaban J connectivity index is 0.00000312. The average molecular weight is 457 g/mol. The number of aliphatic imine (C=N–C) groups is 1. The van der Waals surface area contributed by atoms with Crippen LogP contribution in [0.3, 0.4) is 0 Å². The zero-order chi connectivity index (χ0) is 17.0. The fraction of sp³-hybridized carbons (Fsp3) is 0.444. The van der Waals surface area contributed by atoms with Crippen molar-refractivity contribution in [1.29, 1.82) is 0 Å². The van der Waals surface area contributed by atoms with Crippen LogP contribution >= 0.6 is 24.0 Å². The average Bonchev–Trinajstić information content (AvgIpc) is 3.15. The van der Waals surface area contributed by atoms with E-state index in [1.807, 2.05) is 36.1 Å². The summed E-state index contributed by atoms with van der Waals surface area (Å²) in [6.07, 6.45) is 7.66. The molecule has 0 spiro atoms. The summed E-state index contributed by atoms with van der Waals surface area (Å²) in [6, 6.07) is 8.27. The molecule has 2 N–H and O–H groups in total. The van der Waals surface area contributed by atoms with E-state index in [1.54, 1.807) is 13.2 Å². The summed E-state index contributed by atoms with van der Waals surface area (Å²) in [6.45, 7) is 5.21. The zero-order valence-electron chi connectivity index (χ0n) is 14.9. The summed E-state index contributed by atoms with van der Waals surface area (Å²) in [4.78, 5) is 8.39. The van der Waals surface area contributed by atoms with Gasteiger partial charge in [-0.3, -0.25) is 4.99 Å². The first kappa shape index (κ1) is 21.4. The van der Waals surface area contributed by atoms with Crippen molar-refractivity contribution in [2.75, 3.05) is 26.8 Å². The standard InChI is InChI=1S/C18H27N5O.HI/c1-3-24-13-7-6-10-21-18(19-2)22-14-16-8-4-5-9-17(16)23-12-11-20-15-23;/h4-5,8-9,11-12,15H,3,6-7,10,13-14H2,1-2H3,(H2,19,21,22);1H. The highest BCUT2D eigenvalue weighted by molar-refractivity contribution is 14.0. The SMILES string of the molecule is CCOCCCCNC(=NC)NCc1ccccc1-n1ccnc1.I. The fourth-order valence-corrected chi connectivity index (χ4v) is 2.39. The van der Waals surface area contributed by atoms with Crippen molar-refractivity contribution in [2.45, 2.75) is 26.3 Å². The van der Waals surface area contributed by atoms with E-state index in [2.05, 4.69) is 32.7 Å². The van der Waals surface area contributed by atoms with Crippen molar-refractivity contribution in [2.24, 2.45) is 4.99 Å². The van der Waals surface area contributed by atoms with Gasteiger partial charge in [-0.1, -0.05) is 18.2 Å². The molecular weight excluding hydrogens is 429 g/mol. The highest BCUT2D eigenvalue weighted by atomic mass is 127. The molecule has 0 amide bonds. The van der Waals surface area contributed by atoms with Crippen molar-refractivity contribution in [3.8, 4) is 5.69 Å². The minimum Gasteiger partial charge on any atom is -0.382 e. The van der Waals surface area contributed by atoms with Crippen molar-refractivity contribution in [3.05, 3.63) is 48.5 Å². The molecule has 0 saturated carbocycles. The van der Waals surface area contributed by atoms with Crippen LogP contribution in [0.1, 0.15) is 25.3 Å². The third kappa shape index (κ3) is 7.43. The maximum Gasteiger partial charge on any atom is 0.191 e. The smallest absolute Gasteiger partial charge is 0.191 e. The third-order valence-corrected chi connectivity index (χ3v) is 3.66. The molecule has 0 aliphatic carbocycles. The fourth-order valence-electron chi connectivity index (χ4n) is 2.39. The first-order valence-corrected chi connectivity index (χ1v) is 8.43. The van der Waals surface area contributed by atoms with Gasteiger partial charge in [0.05, 0.1) is 12.0 Å². The Morgan fingerprint density at radius 1 is 1.24 bits per heavy atom. The number of unbranched alkanes of at least 4 members (excludes halogenated alkanes) is 1. The molecule has 2 rings (SSSR count). The van der Waals surface area contributed by atoms with Gasteiger partial charge in [0.15, 0.2) is 5.96 Å². The number of nitrogens with zero attached hydrogens (tertiary/aromatic N) is 3. The lowest BCUT2D eigenvalue weighted by molar-refractivity contribution is 0.143. The number of rotatable bonds is 9. The number of para-hydroxylation sites is 1. The molecule has 0 radical (unpaired) electrons. The van der Waals surface area contributed by atoms with Gasteiger partial charge in [0, 0.05) is 45.7 Å². The molecule has 0 bridgehead atoms. The second kappa shape index (κ2) is 12.7. The molecule has 0 aliphatic rings. The number of nitrogens with one attached hydrogen (secondary N) is 2. The van der Waals surface area contributed by atoms with Crippen molar-refractivity contribution >= 4 is 29.9 Å². The number of guanidine groups is 1. The number of hydrogen-bond donors (Lipinski definition) is 2. The van der Waals surface area contributed by atoms with E-state index in [-0.39, 0.29) is 24.0 Å². The number of imidazole rings is 1. The number of aromatic nitrogens is 2. The third-order valence-electron chi connectivity index (χ3n) is 3.66. The molecule has 1 aromatic carbocycles. The Morgan fingerprint density at radius 3 is 2.80 bits per heavy atom. The van der Waals surface area contributed by atoms with Crippen LogP contribution in [-0.2, 0) is 11.3 Å². The Morgan fingerprint density at radius 2 is 2.08 bits per heavy atom. The van der Waals surface area contributed by atoms with Crippen LogP contribution in [0.15, 0.2) is 48.0 Å². The van der Waals surface area contributed by atoms with E-state index in [1.165, 1.54) is 5.56 Å². The molecule has 0 saturated heterocycles. The summed E-state index contributed by atoms with van der Waals surface area (Å²) in [5.41, 5.74) is 2.31. The molecule has 2 aromatic rings. The number of halogens is 1. The number of ether oxygens (including phenoxy) is 1. The van der Waals surface area contributed by atoms with Crippen LogP contribution in [0.5, 0.6) is 0 Å². The van der Waals surface area contributed by atoms with Crippen molar-refractivity contribution < 1.29 is 4.74 Å². The van der Waals surface area contributed by atoms with E-state index in [9.17, 15) is 0 Å². The van der Waals surface area contributed by atoms with Gasteiger partial charge in [0.2, 0.25) is 0 Å². The number of benzene rings is 1. The molecule has 7 heteroatoms. The quantitative estimate of drug-likeness (QED) is 0.263. The molecule has 1 heterocycles. The van der Waals surface area contributed by atoms with Crippen LogP contribution in [0.2, 0.25) is 0 Å². The van der Waals surface area contributed by atoms with Crippen LogP contribution in [0.4, 0.5) is 0 Å². The van der Waals surface area contributed by atoms with E-state index < -0.39 is 0 Å². The molecule has 0 unspecified atom stereocenters. The van der Waals surface area contributed by atoms with E-state index >= 15 is 0 Å². The lowest BCUT2D eigenvalue weighted by Crippen LogP contribution is -2.37. The molecule has 138 valence electrons. The van der Waals surface area contributed by atoms with Crippen LogP contribution in [0.25, 0.3) is 5.69 Å². The first-order chi connectivity index (χ1) is 11.8. The number of hydrogen-bond acceptors (Lipinski definition) is 3. The summed E-state index contributed by atoms with van der Waals surface area (Å²) in [5.74, 6) is 0.812. The zero-order valence-corrected chi connectivity index (χ0v) is 17.3. The van der Waals surface area contributed by atoms with Crippen molar-refractivity contribution in [1.82, 2.24) is 20.2 Å². The monoisotopic (exact) mass is 457 g/mol. The Labute approximate surface area is 167 Å². The molecule has 0 atom stereocenters. The largest absolute Gasteiger partial charge is 0.382 e. The summed E-state index contributed by atoms with van der Waals surface area (Å²) >= 11 is 0. The lowest BCUT2D eigenvalue weighted by atomic mass is 10.1.